The number of nitrogens with zero attached hydrogens (tertiary/aromatic N) is 2. The molecule has 0 spiro atoms. The average Bonchev–Trinajstić information content (AvgIpc) is 2.71. The zero-order valence-electron chi connectivity index (χ0n) is 14.0. The zero-order chi connectivity index (χ0) is 18.8. The maximum Gasteiger partial charge on any atom is 0.279 e. The number of para-hydroxylation sites is 1. The SMILES string of the molecule is O=C(Nc1ccc[nH]c1=O)c1nn(-c2ccccc2)c(=O)c2ccccc12. The van der Waals surface area contributed by atoms with Gasteiger partial charge in [0.15, 0.2) is 5.69 Å². The molecule has 2 heterocycles. The highest BCUT2D eigenvalue weighted by Gasteiger charge is 2.18. The number of rotatable bonds is 3. The smallest absolute Gasteiger partial charge is 0.279 e. The second-order valence-corrected chi connectivity index (χ2v) is 5.81. The highest BCUT2D eigenvalue weighted by molar-refractivity contribution is 6.11. The van der Waals surface area contributed by atoms with E-state index in [1.54, 1.807) is 54.6 Å². The molecule has 0 unspecified atom stereocenters. The first-order valence-electron chi connectivity index (χ1n) is 8.22. The largest absolute Gasteiger partial charge is 0.327 e. The standard InChI is InChI=1S/C20H14N4O3/c25-18-16(11-6-12-21-18)22-19(26)17-14-9-4-5-10-15(14)20(27)24(23-17)13-7-2-1-3-8-13/h1-12H,(H,21,25)(H,22,26). The van der Waals surface area contributed by atoms with Crippen molar-refractivity contribution in [3.8, 4) is 5.69 Å². The van der Waals surface area contributed by atoms with Gasteiger partial charge in [0, 0.05) is 11.6 Å². The number of aromatic nitrogens is 3. The predicted molar refractivity (Wildman–Crippen MR) is 102 cm³/mol. The van der Waals surface area contributed by atoms with Gasteiger partial charge in [-0.15, -0.1) is 0 Å². The van der Waals surface area contributed by atoms with Crippen LogP contribution in [-0.4, -0.2) is 20.7 Å². The summed E-state index contributed by atoms with van der Waals surface area (Å²) < 4.78 is 1.19. The number of benzene rings is 2. The number of nitrogens with one attached hydrogen (secondary N) is 2. The molecule has 0 aliphatic carbocycles. The second kappa shape index (κ2) is 6.72. The molecule has 0 atom stereocenters. The van der Waals surface area contributed by atoms with Crippen LogP contribution in [0.15, 0.2) is 82.5 Å². The fourth-order valence-electron chi connectivity index (χ4n) is 2.80. The molecule has 4 aromatic rings. The Labute approximate surface area is 152 Å². The molecule has 0 aliphatic rings. The Morgan fingerprint density at radius 3 is 2.33 bits per heavy atom. The fourth-order valence-corrected chi connectivity index (χ4v) is 2.80. The number of fused-ring (bicyclic) bond motifs is 1. The van der Waals surface area contributed by atoms with E-state index in [0.29, 0.717) is 16.5 Å². The van der Waals surface area contributed by atoms with Gasteiger partial charge in [-0.1, -0.05) is 36.4 Å². The van der Waals surface area contributed by atoms with E-state index in [9.17, 15) is 14.4 Å². The summed E-state index contributed by atoms with van der Waals surface area (Å²) in [5, 5.41) is 7.61. The summed E-state index contributed by atoms with van der Waals surface area (Å²) >= 11 is 0. The molecule has 7 heteroatoms. The molecule has 2 aromatic carbocycles. The number of carbonyl (C=O) groups excluding carboxylic acids is 1. The molecule has 27 heavy (non-hydrogen) atoms. The second-order valence-electron chi connectivity index (χ2n) is 5.81. The molecule has 0 saturated carbocycles. The summed E-state index contributed by atoms with van der Waals surface area (Å²) in [6, 6.07) is 18.7. The van der Waals surface area contributed by atoms with Gasteiger partial charge in [-0.25, -0.2) is 0 Å². The monoisotopic (exact) mass is 358 g/mol. The molecule has 2 aromatic heterocycles. The van der Waals surface area contributed by atoms with E-state index >= 15 is 0 Å². The molecule has 132 valence electrons. The minimum atomic E-state index is -0.576. The van der Waals surface area contributed by atoms with Crippen LogP contribution in [0.5, 0.6) is 0 Å². The van der Waals surface area contributed by atoms with E-state index in [1.807, 2.05) is 6.07 Å². The number of aromatic amines is 1. The molecule has 0 saturated heterocycles. The summed E-state index contributed by atoms with van der Waals surface area (Å²) in [5.41, 5.74) is -0.0551. The van der Waals surface area contributed by atoms with E-state index in [1.165, 1.54) is 16.9 Å². The molecule has 1 amide bonds. The van der Waals surface area contributed by atoms with Crippen molar-refractivity contribution < 1.29 is 4.79 Å². The zero-order valence-corrected chi connectivity index (χ0v) is 14.0. The van der Waals surface area contributed by atoms with E-state index in [4.69, 9.17) is 0 Å². The van der Waals surface area contributed by atoms with Crippen molar-refractivity contribution in [2.75, 3.05) is 5.32 Å². The van der Waals surface area contributed by atoms with E-state index in [-0.39, 0.29) is 16.9 Å². The number of anilines is 1. The third-order valence-electron chi connectivity index (χ3n) is 4.09. The summed E-state index contributed by atoms with van der Waals surface area (Å²) in [7, 11) is 0. The number of hydrogen-bond donors (Lipinski definition) is 2. The number of amides is 1. The summed E-state index contributed by atoms with van der Waals surface area (Å²) in [6.45, 7) is 0. The molecule has 0 fully saturated rings. The van der Waals surface area contributed by atoms with Crippen molar-refractivity contribution in [3.05, 3.63) is 99.3 Å². The van der Waals surface area contributed by atoms with Crippen molar-refractivity contribution in [2.45, 2.75) is 0 Å². The highest BCUT2D eigenvalue weighted by Crippen LogP contribution is 2.16. The van der Waals surface area contributed by atoms with Crippen LogP contribution in [0.3, 0.4) is 0 Å². The Morgan fingerprint density at radius 2 is 1.59 bits per heavy atom. The van der Waals surface area contributed by atoms with Gasteiger partial charge >= 0.3 is 0 Å². The Hall–Kier alpha value is -4.00. The van der Waals surface area contributed by atoms with Crippen LogP contribution in [0.4, 0.5) is 5.69 Å². The van der Waals surface area contributed by atoms with Crippen LogP contribution >= 0.6 is 0 Å². The van der Waals surface area contributed by atoms with Gasteiger partial charge in [-0.3, -0.25) is 14.4 Å². The van der Waals surface area contributed by atoms with E-state index in [0.717, 1.165) is 0 Å². The Kier molecular flexibility index (Phi) is 4.10. The van der Waals surface area contributed by atoms with Crippen LogP contribution in [0.25, 0.3) is 16.5 Å². The van der Waals surface area contributed by atoms with Gasteiger partial charge in [0.05, 0.1) is 11.1 Å². The molecule has 0 bridgehead atoms. The normalized spacial score (nSPS) is 10.7. The lowest BCUT2D eigenvalue weighted by molar-refractivity contribution is 0.102. The van der Waals surface area contributed by atoms with Crippen LogP contribution in [0.2, 0.25) is 0 Å². The maximum absolute atomic E-state index is 12.8. The molecular formula is C20H14N4O3. The van der Waals surface area contributed by atoms with Crippen LogP contribution in [0, 0.1) is 0 Å². The summed E-state index contributed by atoms with van der Waals surface area (Å²) in [5.74, 6) is -0.576. The summed E-state index contributed by atoms with van der Waals surface area (Å²) in [6.07, 6.45) is 1.47. The van der Waals surface area contributed by atoms with Crippen molar-refractivity contribution in [1.29, 1.82) is 0 Å². The highest BCUT2D eigenvalue weighted by atomic mass is 16.2. The fraction of sp³-hybridized carbons (Fsp3) is 0. The first-order chi connectivity index (χ1) is 13.1. The minimum absolute atomic E-state index is 0.0531. The van der Waals surface area contributed by atoms with E-state index < -0.39 is 11.5 Å². The molecule has 0 radical (unpaired) electrons. The van der Waals surface area contributed by atoms with Crippen LogP contribution in [0.1, 0.15) is 10.5 Å². The molecule has 0 aliphatic heterocycles. The lowest BCUT2D eigenvalue weighted by atomic mass is 10.1. The van der Waals surface area contributed by atoms with Crippen LogP contribution in [-0.2, 0) is 0 Å². The minimum Gasteiger partial charge on any atom is -0.327 e. The lowest BCUT2D eigenvalue weighted by Crippen LogP contribution is -2.27. The van der Waals surface area contributed by atoms with Gasteiger partial charge in [0.25, 0.3) is 17.0 Å². The molecule has 2 N–H and O–H groups in total. The van der Waals surface area contributed by atoms with Crippen molar-refractivity contribution in [1.82, 2.24) is 14.8 Å². The first kappa shape index (κ1) is 16.5. The van der Waals surface area contributed by atoms with Gasteiger partial charge in [0.1, 0.15) is 5.69 Å². The lowest BCUT2D eigenvalue weighted by Gasteiger charge is -2.11. The third-order valence-corrected chi connectivity index (χ3v) is 4.09. The maximum atomic E-state index is 12.8. The number of pyridine rings is 1. The molecule has 7 nitrogen and oxygen atoms in total. The van der Waals surface area contributed by atoms with Gasteiger partial charge < -0.3 is 10.3 Å². The Balaban J connectivity index is 1.91. The van der Waals surface area contributed by atoms with Crippen molar-refractivity contribution in [3.63, 3.8) is 0 Å². The average molecular weight is 358 g/mol. The molecular weight excluding hydrogens is 344 g/mol. The number of hydrogen-bond acceptors (Lipinski definition) is 4. The van der Waals surface area contributed by atoms with Crippen molar-refractivity contribution >= 4 is 22.4 Å². The first-order valence-corrected chi connectivity index (χ1v) is 8.22. The van der Waals surface area contributed by atoms with E-state index in [2.05, 4.69) is 15.4 Å². The number of carbonyl (C=O) groups is 1. The molecule has 4 rings (SSSR count). The number of H-pyrrole nitrogens is 1. The Bertz CT molecular complexity index is 1260. The van der Waals surface area contributed by atoms with Crippen molar-refractivity contribution in [2.24, 2.45) is 0 Å². The van der Waals surface area contributed by atoms with Crippen LogP contribution < -0.4 is 16.4 Å². The summed E-state index contributed by atoms with van der Waals surface area (Å²) in [4.78, 5) is 40.0. The van der Waals surface area contributed by atoms with Gasteiger partial charge in [-0.2, -0.15) is 9.78 Å². The topological polar surface area (TPSA) is 96.8 Å². The van der Waals surface area contributed by atoms with Gasteiger partial charge in [-0.05, 0) is 30.3 Å². The predicted octanol–water partition coefficient (Wildman–Crippen LogP) is 2.33. The quantitative estimate of drug-likeness (QED) is 0.587. The van der Waals surface area contributed by atoms with Gasteiger partial charge in [0.2, 0.25) is 0 Å². The Morgan fingerprint density at radius 1 is 0.889 bits per heavy atom. The third kappa shape index (κ3) is 3.02.